The Hall–Kier alpha value is -0.570. The number of aliphatic hydroxyl groups is 1. The molecule has 0 aromatic rings. The first kappa shape index (κ1) is 14.8. The van der Waals surface area contributed by atoms with Crippen LogP contribution in [0.4, 0.5) is 0 Å². The number of carbonyl (C=O) groups excluding carboxylic acids is 1. The molecule has 3 atom stereocenters. The lowest BCUT2D eigenvalue weighted by Gasteiger charge is -2.30. The molecule has 2 fully saturated rings. The zero-order valence-corrected chi connectivity index (χ0v) is 12.2. The maximum atomic E-state index is 12.2. The molecule has 3 nitrogen and oxygen atoms in total. The van der Waals surface area contributed by atoms with Crippen LogP contribution in [0.25, 0.3) is 0 Å². The highest BCUT2D eigenvalue weighted by atomic mass is 16.3. The first-order valence-electron chi connectivity index (χ1n) is 8.15. The molecule has 0 aromatic carbocycles. The molecule has 0 radical (unpaired) electrons. The Morgan fingerprint density at radius 1 is 1.11 bits per heavy atom. The number of amides is 1. The van der Waals surface area contributed by atoms with E-state index in [1.54, 1.807) is 0 Å². The number of nitrogens with one attached hydrogen (secondary N) is 1. The Balaban J connectivity index is 1.74. The molecule has 2 rings (SSSR count). The molecule has 19 heavy (non-hydrogen) atoms. The molecular formula is C16H29NO2. The highest BCUT2D eigenvalue weighted by molar-refractivity contribution is 5.78. The van der Waals surface area contributed by atoms with Crippen LogP contribution in [0, 0.1) is 11.8 Å². The lowest BCUT2D eigenvalue weighted by Crippen LogP contribution is -2.47. The largest absolute Gasteiger partial charge is 0.391 e. The maximum absolute atomic E-state index is 12.2. The minimum Gasteiger partial charge on any atom is -0.391 e. The molecule has 0 aliphatic heterocycles. The average molecular weight is 267 g/mol. The van der Waals surface area contributed by atoms with Gasteiger partial charge in [0.25, 0.3) is 0 Å². The first-order chi connectivity index (χ1) is 9.16. The molecule has 3 heteroatoms. The summed E-state index contributed by atoms with van der Waals surface area (Å²) in [4.78, 5) is 12.2. The SMILES string of the molecule is CC(CC1CCCCC1)C(=O)NC1CCCCC1O. The zero-order valence-electron chi connectivity index (χ0n) is 12.2. The topological polar surface area (TPSA) is 49.3 Å². The van der Waals surface area contributed by atoms with Crippen LogP contribution in [0.2, 0.25) is 0 Å². The van der Waals surface area contributed by atoms with Crippen molar-refractivity contribution in [3.63, 3.8) is 0 Å². The van der Waals surface area contributed by atoms with Gasteiger partial charge in [-0.25, -0.2) is 0 Å². The Bertz CT molecular complexity index is 286. The van der Waals surface area contributed by atoms with Gasteiger partial charge in [0.05, 0.1) is 12.1 Å². The van der Waals surface area contributed by atoms with E-state index in [4.69, 9.17) is 0 Å². The van der Waals surface area contributed by atoms with E-state index in [0.29, 0.717) is 0 Å². The Kier molecular flexibility index (Phi) is 5.68. The minimum absolute atomic E-state index is 0.00458. The summed E-state index contributed by atoms with van der Waals surface area (Å²) in [6, 6.07) is -0.00458. The smallest absolute Gasteiger partial charge is 0.223 e. The van der Waals surface area contributed by atoms with Crippen LogP contribution in [0.1, 0.15) is 71.1 Å². The van der Waals surface area contributed by atoms with Gasteiger partial charge in [-0.2, -0.15) is 0 Å². The standard InChI is InChI=1S/C16H29NO2/c1-12(11-13-7-3-2-4-8-13)16(19)17-14-9-5-6-10-15(14)18/h12-15,18H,2-11H2,1H3,(H,17,19). The summed E-state index contributed by atoms with van der Waals surface area (Å²) in [5.74, 6) is 0.986. The highest BCUT2D eigenvalue weighted by Crippen LogP contribution is 2.29. The van der Waals surface area contributed by atoms with Gasteiger partial charge < -0.3 is 10.4 Å². The molecule has 0 spiro atoms. The summed E-state index contributed by atoms with van der Waals surface area (Å²) in [5.41, 5.74) is 0. The molecule has 0 aromatic heterocycles. The van der Waals surface area contributed by atoms with Gasteiger partial charge >= 0.3 is 0 Å². The Labute approximate surface area is 117 Å². The molecule has 110 valence electrons. The third kappa shape index (κ3) is 4.48. The fourth-order valence-corrected chi connectivity index (χ4v) is 3.63. The van der Waals surface area contributed by atoms with E-state index in [0.717, 1.165) is 38.0 Å². The van der Waals surface area contributed by atoms with E-state index < -0.39 is 0 Å². The monoisotopic (exact) mass is 267 g/mol. The summed E-state index contributed by atoms with van der Waals surface area (Å²) >= 11 is 0. The number of hydrogen-bond donors (Lipinski definition) is 2. The average Bonchev–Trinajstić information content (AvgIpc) is 2.42. The Morgan fingerprint density at radius 3 is 2.42 bits per heavy atom. The molecule has 3 unspecified atom stereocenters. The second kappa shape index (κ2) is 7.28. The van der Waals surface area contributed by atoms with Gasteiger partial charge in [0.1, 0.15) is 0 Å². The molecule has 2 aliphatic rings. The van der Waals surface area contributed by atoms with Gasteiger partial charge in [-0.15, -0.1) is 0 Å². The molecule has 0 bridgehead atoms. The van der Waals surface area contributed by atoms with Crippen molar-refractivity contribution in [2.45, 2.75) is 83.3 Å². The minimum atomic E-state index is -0.334. The lowest BCUT2D eigenvalue weighted by atomic mass is 9.83. The predicted octanol–water partition coefficient (Wildman–Crippen LogP) is 3.01. The number of aliphatic hydroxyl groups excluding tert-OH is 1. The summed E-state index contributed by atoms with van der Waals surface area (Å²) in [6.45, 7) is 2.04. The summed E-state index contributed by atoms with van der Waals surface area (Å²) in [6.07, 6.45) is 11.3. The van der Waals surface area contributed by atoms with E-state index in [1.165, 1.54) is 32.1 Å². The zero-order chi connectivity index (χ0) is 13.7. The molecule has 0 heterocycles. The Morgan fingerprint density at radius 2 is 1.74 bits per heavy atom. The molecule has 0 saturated heterocycles. The molecule has 2 N–H and O–H groups in total. The third-order valence-electron chi connectivity index (χ3n) is 4.92. The first-order valence-corrected chi connectivity index (χ1v) is 8.15. The van der Waals surface area contributed by atoms with Crippen molar-refractivity contribution in [2.24, 2.45) is 11.8 Å². The summed E-state index contributed by atoms with van der Waals surface area (Å²) in [5, 5.41) is 13.0. The van der Waals surface area contributed by atoms with E-state index in [1.807, 2.05) is 6.92 Å². The molecule has 2 aliphatic carbocycles. The second-order valence-electron chi connectivity index (χ2n) is 6.61. The number of carbonyl (C=O) groups is 1. The van der Waals surface area contributed by atoms with Gasteiger partial charge in [0.15, 0.2) is 0 Å². The van der Waals surface area contributed by atoms with E-state index >= 15 is 0 Å². The van der Waals surface area contributed by atoms with Crippen LogP contribution in [-0.2, 0) is 4.79 Å². The van der Waals surface area contributed by atoms with Crippen molar-refractivity contribution < 1.29 is 9.90 Å². The summed E-state index contributed by atoms with van der Waals surface area (Å²) < 4.78 is 0. The molecular weight excluding hydrogens is 238 g/mol. The summed E-state index contributed by atoms with van der Waals surface area (Å²) in [7, 11) is 0. The van der Waals surface area contributed by atoms with Crippen molar-refractivity contribution in [1.82, 2.24) is 5.32 Å². The lowest BCUT2D eigenvalue weighted by molar-refractivity contribution is -0.127. The van der Waals surface area contributed by atoms with Crippen LogP contribution >= 0.6 is 0 Å². The van der Waals surface area contributed by atoms with E-state index in [9.17, 15) is 9.90 Å². The van der Waals surface area contributed by atoms with Gasteiger partial charge in [-0.3, -0.25) is 4.79 Å². The van der Waals surface area contributed by atoms with Crippen LogP contribution in [0.5, 0.6) is 0 Å². The van der Waals surface area contributed by atoms with E-state index in [2.05, 4.69) is 5.32 Å². The quantitative estimate of drug-likeness (QED) is 0.822. The fraction of sp³-hybridized carbons (Fsp3) is 0.938. The van der Waals surface area contributed by atoms with Gasteiger partial charge in [-0.1, -0.05) is 51.9 Å². The van der Waals surface area contributed by atoms with Crippen molar-refractivity contribution in [3.05, 3.63) is 0 Å². The third-order valence-corrected chi connectivity index (χ3v) is 4.92. The van der Waals surface area contributed by atoms with Gasteiger partial charge in [0.2, 0.25) is 5.91 Å². The molecule has 2 saturated carbocycles. The highest BCUT2D eigenvalue weighted by Gasteiger charge is 2.27. The van der Waals surface area contributed by atoms with Crippen LogP contribution in [0.3, 0.4) is 0 Å². The van der Waals surface area contributed by atoms with Crippen molar-refractivity contribution >= 4 is 5.91 Å². The second-order valence-corrected chi connectivity index (χ2v) is 6.61. The molecule has 1 amide bonds. The van der Waals surface area contributed by atoms with Crippen molar-refractivity contribution in [2.75, 3.05) is 0 Å². The van der Waals surface area contributed by atoms with Crippen LogP contribution < -0.4 is 5.32 Å². The number of hydrogen-bond acceptors (Lipinski definition) is 2. The van der Waals surface area contributed by atoms with Gasteiger partial charge in [-0.05, 0) is 25.2 Å². The maximum Gasteiger partial charge on any atom is 0.223 e. The predicted molar refractivity (Wildman–Crippen MR) is 76.8 cm³/mol. The van der Waals surface area contributed by atoms with Crippen molar-refractivity contribution in [1.29, 1.82) is 0 Å². The fourth-order valence-electron chi connectivity index (χ4n) is 3.63. The normalized spacial score (nSPS) is 30.8. The van der Waals surface area contributed by atoms with E-state index in [-0.39, 0.29) is 24.0 Å². The van der Waals surface area contributed by atoms with Crippen LogP contribution in [-0.4, -0.2) is 23.2 Å². The van der Waals surface area contributed by atoms with Crippen LogP contribution in [0.15, 0.2) is 0 Å². The van der Waals surface area contributed by atoms with Crippen molar-refractivity contribution in [3.8, 4) is 0 Å². The number of rotatable bonds is 4. The van der Waals surface area contributed by atoms with Gasteiger partial charge in [0, 0.05) is 5.92 Å².